The minimum absolute atomic E-state index is 0.764. The summed E-state index contributed by atoms with van der Waals surface area (Å²) in [6.45, 7) is 5.71. The summed E-state index contributed by atoms with van der Waals surface area (Å²) in [7, 11) is 1.79. The van der Waals surface area contributed by atoms with Gasteiger partial charge in [-0.1, -0.05) is 0 Å². The van der Waals surface area contributed by atoms with Crippen molar-refractivity contribution in [3.05, 3.63) is 38.0 Å². The molecule has 2 rings (SSSR count). The van der Waals surface area contributed by atoms with Crippen molar-refractivity contribution < 1.29 is 0 Å². The Kier molecular flexibility index (Phi) is 4.93. The van der Waals surface area contributed by atoms with Crippen LogP contribution >= 0.6 is 22.7 Å². The van der Waals surface area contributed by atoms with Gasteiger partial charge >= 0.3 is 0 Å². The second kappa shape index (κ2) is 6.68. The number of hydrogen-bond acceptors (Lipinski definition) is 4. The number of aryl methyl sites for hydroxylation is 2. The molecular formula is C13H18N4S2. The number of nitrogens with zero attached hydrogens (tertiary/aromatic N) is 2. The molecule has 0 aliphatic rings. The maximum atomic E-state index is 4.24. The van der Waals surface area contributed by atoms with Gasteiger partial charge in [0, 0.05) is 21.7 Å². The monoisotopic (exact) mass is 294 g/mol. The molecule has 2 N–H and O–H groups in total. The lowest BCUT2D eigenvalue weighted by Crippen LogP contribution is -2.36. The highest BCUT2D eigenvalue weighted by molar-refractivity contribution is 7.11. The summed E-state index contributed by atoms with van der Waals surface area (Å²) in [4.78, 5) is 12.4. The van der Waals surface area contributed by atoms with Crippen LogP contribution in [0.25, 0.3) is 0 Å². The van der Waals surface area contributed by atoms with Gasteiger partial charge in [0.2, 0.25) is 0 Å². The molecule has 0 fully saturated rings. The first kappa shape index (κ1) is 14.0. The SMILES string of the molecule is CN=C(NCc1ccc(C)s1)NCc1scnc1C. The zero-order chi connectivity index (χ0) is 13.7. The first-order chi connectivity index (χ1) is 9.19. The second-order valence-corrected chi connectivity index (χ2v) is 6.46. The first-order valence-corrected chi connectivity index (χ1v) is 7.77. The van der Waals surface area contributed by atoms with Gasteiger partial charge in [-0.25, -0.2) is 4.98 Å². The fraction of sp³-hybridized carbons (Fsp3) is 0.385. The Hall–Kier alpha value is -1.40. The van der Waals surface area contributed by atoms with Crippen molar-refractivity contribution in [1.29, 1.82) is 0 Å². The number of aromatic nitrogens is 1. The number of thiophene rings is 1. The van der Waals surface area contributed by atoms with Gasteiger partial charge < -0.3 is 10.6 Å². The summed E-state index contributed by atoms with van der Waals surface area (Å²) < 4.78 is 0. The highest BCUT2D eigenvalue weighted by Crippen LogP contribution is 2.14. The van der Waals surface area contributed by atoms with Crippen LogP contribution in [0.1, 0.15) is 20.3 Å². The third-order valence-electron chi connectivity index (χ3n) is 2.71. The van der Waals surface area contributed by atoms with Gasteiger partial charge in [0.25, 0.3) is 0 Å². The summed E-state index contributed by atoms with van der Waals surface area (Å²) in [6, 6.07) is 4.28. The molecule has 0 amide bonds. The molecule has 0 unspecified atom stereocenters. The van der Waals surface area contributed by atoms with Crippen LogP contribution in [0.4, 0.5) is 0 Å². The molecule has 102 valence electrons. The van der Waals surface area contributed by atoms with Gasteiger partial charge in [0.1, 0.15) is 0 Å². The normalized spacial score (nSPS) is 11.6. The number of nitrogens with one attached hydrogen (secondary N) is 2. The average molecular weight is 294 g/mol. The van der Waals surface area contributed by atoms with Gasteiger partial charge in [0.05, 0.1) is 24.3 Å². The molecule has 4 nitrogen and oxygen atoms in total. The number of guanidine groups is 1. The summed E-state index contributed by atoms with van der Waals surface area (Å²) in [5, 5.41) is 6.62. The molecule has 0 bridgehead atoms. The second-order valence-electron chi connectivity index (χ2n) is 4.15. The fourth-order valence-corrected chi connectivity index (χ4v) is 3.18. The number of hydrogen-bond donors (Lipinski definition) is 2. The molecular weight excluding hydrogens is 276 g/mol. The molecule has 19 heavy (non-hydrogen) atoms. The van der Waals surface area contributed by atoms with Crippen LogP contribution in [-0.4, -0.2) is 18.0 Å². The van der Waals surface area contributed by atoms with Crippen molar-refractivity contribution in [2.45, 2.75) is 26.9 Å². The van der Waals surface area contributed by atoms with Crippen molar-refractivity contribution in [1.82, 2.24) is 15.6 Å². The average Bonchev–Trinajstić information content (AvgIpc) is 2.99. The summed E-state index contributed by atoms with van der Waals surface area (Å²) in [5.74, 6) is 0.818. The van der Waals surface area contributed by atoms with Crippen LogP contribution in [-0.2, 0) is 13.1 Å². The smallest absolute Gasteiger partial charge is 0.191 e. The van der Waals surface area contributed by atoms with E-state index >= 15 is 0 Å². The quantitative estimate of drug-likeness (QED) is 0.673. The molecule has 2 aromatic rings. The zero-order valence-corrected chi connectivity index (χ0v) is 13.0. The van der Waals surface area contributed by atoms with Gasteiger partial charge in [-0.3, -0.25) is 4.99 Å². The largest absolute Gasteiger partial charge is 0.352 e. The molecule has 0 saturated carbocycles. The van der Waals surface area contributed by atoms with Crippen LogP contribution in [0, 0.1) is 13.8 Å². The van der Waals surface area contributed by atoms with E-state index in [1.54, 1.807) is 29.7 Å². The van der Waals surface area contributed by atoms with E-state index < -0.39 is 0 Å². The molecule has 2 aromatic heterocycles. The van der Waals surface area contributed by atoms with E-state index in [4.69, 9.17) is 0 Å². The van der Waals surface area contributed by atoms with E-state index in [9.17, 15) is 0 Å². The third kappa shape index (κ3) is 4.04. The highest BCUT2D eigenvalue weighted by Gasteiger charge is 2.03. The molecule has 0 radical (unpaired) electrons. The minimum Gasteiger partial charge on any atom is -0.352 e. The summed E-state index contributed by atoms with van der Waals surface area (Å²) >= 11 is 3.47. The van der Waals surface area contributed by atoms with Crippen molar-refractivity contribution in [3.8, 4) is 0 Å². The van der Waals surface area contributed by atoms with Gasteiger partial charge in [-0.2, -0.15) is 0 Å². The Labute approximate surface area is 121 Å². The lowest BCUT2D eigenvalue weighted by Gasteiger charge is -2.10. The summed E-state index contributed by atoms with van der Waals surface area (Å²) in [6.07, 6.45) is 0. The van der Waals surface area contributed by atoms with E-state index in [2.05, 4.69) is 39.7 Å². The van der Waals surface area contributed by atoms with Gasteiger partial charge in [0.15, 0.2) is 5.96 Å². The van der Waals surface area contributed by atoms with Gasteiger partial charge in [-0.05, 0) is 26.0 Å². The van der Waals surface area contributed by atoms with Crippen LogP contribution < -0.4 is 10.6 Å². The number of thiazole rings is 1. The molecule has 0 saturated heterocycles. The fourth-order valence-electron chi connectivity index (χ4n) is 1.63. The van der Waals surface area contributed by atoms with Crippen molar-refractivity contribution in [2.24, 2.45) is 4.99 Å². The lowest BCUT2D eigenvalue weighted by molar-refractivity contribution is 0.818. The van der Waals surface area contributed by atoms with Gasteiger partial charge in [-0.15, -0.1) is 22.7 Å². The number of aliphatic imine (C=N–C) groups is 1. The molecule has 6 heteroatoms. The zero-order valence-electron chi connectivity index (χ0n) is 11.4. The van der Waals surface area contributed by atoms with Crippen molar-refractivity contribution >= 4 is 28.6 Å². The Morgan fingerprint density at radius 2 is 2.05 bits per heavy atom. The maximum Gasteiger partial charge on any atom is 0.191 e. The minimum atomic E-state index is 0.764. The molecule has 0 aromatic carbocycles. The van der Waals surface area contributed by atoms with Crippen LogP contribution in [0.5, 0.6) is 0 Å². The Bertz CT molecular complexity index is 556. The lowest BCUT2D eigenvalue weighted by atomic mass is 10.4. The van der Waals surface area contributed by atoms with Crippen molar-refractivity contribution in [2.75, 3.05) is 7.05 Å². The van der Waals surface area contributed by atoms with E-state index in [0.717, 1.165) is 24.7 Å². The van der Waals surface area contributed by atoms with E-state index in [-0.39, 0.29) is 0 Å². The van der Waals surface area contributed by atoms with Crippen LogP contribution in [0.2, 0.25) is 0 Å². The summed E-state index contributed by atoms with van der Waals surface area (Å²) in [5.41, 5.74) is 2.96. The van der Waals surface area contributed by atoms with E-state index in [1.807, 2.05) is 12.4 Å². The van der Waals surface area contributed by atoms with Crippen molar-refractivity contribution in [3.63, 3.8) is 0 Å². The van der Waals surface area contributed by atoms with Crippen LogP contribution in [0.3, 0.4) is 0 Å². The van der Waals surface area contributed by atoms with E-state index in [0.29, 0.717) is 0 Å². The first-order valence-electron chi connectivity index (χ1n) is 6.08. The third-order valence-corrected chi connectivity index (χ3v) is 4.65. The Morgan fingerprint density at radius 1 is 1.26 bits per heavy atom. The molecule has 0 spiro atoms. The molecule has 0 atom stereocenters. The Balaban J connectivity index is 1.82. The predicted molar refractivity (Wildman–Crippen MR) is 82.9 cm³/mol. The Morgan fingerprint density at radius 3 is 2.63 bits per heavy atom. The van der Waals surface area contributed by atoms with E-state index in [1.165, 1.54) is 14.6 Å². The maximum absolute atomic E-state index is 4.24. The molecule has 0 aliphatic carbocycles. The molecule has 0 aliphatic heterocycles. The number of rotatable bonds is 4. The van der Waals surface area contributed by atoms with Crippen LogP contribution in [0.15, 0.2) is 22.6 Å². The topological polar surface area (TPSA) is 49.3 Å². The predicted octanol–water partition coefficient (Wildman–Crippen LogP) is 2.69. The molecule has 2 heterocycles. The highest BCUT2D eigenvalue weighted by atomic mass is 32.1. The standard InChI is InChI=1S/C13H18N4S2/c1-9-4-5-11(19-9)6-15-13(14-3)16-7-12-10(2)17-8-18-12/h4-5,8H,6-7H2,1-3H3,(H2,14,15,16).